The van der Waals surface area contributed by atoms with Gasteiger partial charge in [0.15, 0.2) is 6.29 Å². The molecule has 0 aliphatic carbocycles. The Morgan fingerprint density at radius 1 is 1.08 bits per heavy atom. The minimum Gasteiger partial charge on any atom is -0.394 e. The molecule has 0 unspecified atom stereocenters. The van der Waals surface area contributed by atoms with E-state index in [1.165, 1.54) is 0 Å². The molecule has 0 saturated heterocycles. The van der Waals surface area contributed by atoms with E-state index in [0.717, 1.165) is 0 Å². The van der Waals surface area contributed by atoms with Crippen molar-refractivity contribution >= 4 is 29.3 Å². The minimum atomic E-state index is -1.79. The lowest BCUT2D eigenvalue weighted by atomic mass is 10.0. The fraction of sp³-hybridized carbons (Fsp3) is 0.833. The van der Waals surface area contributed by atoms with E-state index in [1.54, 1.807) is 0 Å². The van der Waals surface area contributed by atoms with Crippen molar-refractivity contribution in [3.05, 3.63) is 0 Å². The van der Waals surface area contributed by atoms with Gasteiger partial charge >= 0.3 is 23.1 Å². The standard InChI is InChI=1S/C6H12O6.Mg.2H/c7-1-3(9)5(11)6(12)4(10)2-8;;;/h1,3-6,8-12H,2H2;;;/t3-,4+,5+,6+;;;/m0.../s1. The SMILES string of the molecule is O=C[C@H](O)[C@@H](O)[C@H](O)[C@H](O)CO.[MgH2]. The summed E-state index contributed by atoms with van der Waals surface area (Å²) < 4.78 is 0. The van der Waals surface area contributed by atoms with Crippen LogP contribution in [0.1, 0.15) is 0 Å². The van der Waals surface area contributed by atoms with Crippen molar-refractivity contribution in [3.63, 3.8) is 0 Å². The summed E-state index contributed by atoms with van der Waals surface area (Å²) in [5, 5.41) is 43.5. The van der Waals surface area contributed by atoms with Crippen LogP contribution in [0.25, 0.3) is 0 Å². The summed E-state index contributed by atoms with van der Waals surface area (Å²) in [5.74, 6) is 0. The molecule has 0 aliphatic rings. The van der Waals surface area contributed by atoms with Gasteiger partial charge in [0.25, 0.3) is 0 Å². The zero-order valence-corrected chi connectivity index (χ0v) is 6.24. The average molecular weight is 206 g/mol. The molecule has 0 aromatic carbocycles. The van der Waals surface area contributed by atoms with Gasteiger partial charge in [-0.2, -0.15) is 0 Å². The van der Waals surface area contributed by atoms with Crippen LogP contribution in [0.4, 0.5) is 0 Å². The van der Waals surface area contributed by atoms with Crippen LogP contribution in [0.2, 0.25) is 0 Å². The zero-order valence-electron chi connectivity index (χ0n) is 6.24. The summed E-state index contributed by atoms with van der Waals surface area (Å²) in [7, 11) is 0. The maximum atomic E-state index is 9.90. The summed E-state index contributed by atoms with van der Waals surface area (Å²) in [6.07, 6.45) is -6.84. The summed E-state index contributed by atoms with van der Waals surface area (Å²) in [6.45, 7) is -0.760. The molecular weight excluding hydrogens is 192 g/mol. The molecule has 13 heavy (non-hydrogen) atoms. The van der Waals surface area contributed by atoms with Gasteiger partial charge in [-0.15, -0.1) is 0 Å². The molecule has 0 saturated carbocycles. The number of rotatable bonds is 5. The highest BCUT2D eigenvalue weighted by Gasteiger charge is 2.29. The molecule has 0 aliphatic heterocycles. The lowest BCUT2D eigenvalue weighted by Gasteiger charge is -2.22. The second kappa shape index (κ2) is 7.62. The van der Waals surface area contributed by atoms with E-state index >= 15 is 0 Å². The van der Waals surface area contributed by atoms with Gasteiger partial charge < -0.3 is 30.3 Å². The van der Waals surface area contributed by atoms with E-state index in [1.807, 2.05) is 0 Å². The maximum absolute atomic E-state index is 9.90. The molecule has 0 heterocycles. The average Bonchev–Trinajstić information content (AvgIpc) is 2.12. The number of aliphatic hydroxyl groups excluding tert-OH is 5. The van der Waals surface area contributed by atoms with Crippen LogP contribution in [0.5, 0.6) is 0 Å². The van der Waals surface area contributed by atoms with E-state index in [9.17, 15) is 4.79 Å². The van der Waals surface area contributed by atoms with Crippen molar-refractivity contribution < 1.29 is 30.3 Å². The first kappa shape index (κ1) is 15.7. The summed E-state index contributed by atoms with van der Waals surface area (Å²) in [6, 6.07) is 0. The van der Waals surface area contributed by atoms with Crippen LogP contribution in [-0.4, -0.2) is 85.9 Å². The van der Waals surface area contributed by atoms with Crippen molar-refractivity contribution in [2.75, 3.05) is 6.61 Å². The molecule has 0 aromatic heterocycles. The van der Waals surface area contributed by atoms with Crippen molar-refractivity contribution in [1.82, 2.24) is 0 Å². The third-order valence-electron chi connectivity index (χ3n) is 1.42. The van der Waals surface area contributed by atoms with Crippen LogP contribution in [-0.2, 0) is 4.79 Å². The van der Waals surface area contributed by atoms with Crippen molar-refractivity contribution in [2.24, 2.45) is 0 Å². The Bertz CT molecular complexity index is 143. The highest BCUT2D eigenvalue weighted by atomic mass is 24.3. The fourth-order valence-electron chi connectivity index (χ4n) is 0.618. The Hall–Kier alpha value is 0.236. The molecule has 0 fully saturated rings. The quantitative estimate of drug-likeness (QED) is 0.229. The van der Waals surface area contributed by atoms with Gasteiger partial charge in [0.05, 0.1) is 6.61 Å². The van der Waals surface area contributed by atoms with Gasteiger partial charge in [0.2, 0.25) is 0 Å². The van der Waals surface area contributed by atoms with Crippen molar-refractivity contribution in [2.45, 2.75) is 24.4 Å². The molecule has 5 N–H and O–H groups in total. The molecule has 7 heteroatoms. The second-order valence-corrected chi connectivity index (χ2v) is 2.36. The smallest absolute Gasteiger partial charge is 0.316 e. The Morgan fingerprint density at radius 2 is 1.54 bits per heavy atom. The zero-order chi connectivity index (χ0) is 9.72. The molecule has 0 amide bonds. The largest absolute Gasteiger partial charge is 0.394 e. The fourth-order valence-corrected chi connectivity index (χ4v) is 0.618. The van der Waals surface area contributed by atoms with Crippen LogP contribution in [0, 0.1) is 0 Å². The Balaban J connectivity index is 0. The molecule has 0 bridgehead atoms. The van der Waals surface area contributed by atoms with Crippen molar-refractivity contribution in [1.29, 1.82) is 0 Å². The number of aldehydes is 1. The first-order valence-electron chi connectivity index (χ1n) is 3.33. The van der Waals surface area contributed by atoms with E-state index in [0.29, 0.717) is 0 Å². The third-order valence-corrected chi connectivity index (χ3v) is 1.42. The lowest BCUT2D eigenvalue weighted by Crippen LogP contribution is -2.46. The van der Waals surface area contributed by atoms with Gasteiger partial charge in [-0.3, -0.25) is 0 Å². The number of carbonyl (C=O) groups excluding carboxylic acids is 1. The van der Waals surface area contributed by atoms with E-state index < -0.39 is 31.0 Å². The van der Waals surface area contributed by atoms with Crippen LogP contribution in [0.15, 0.2) is 0 Å². The number of hydrogen-bond acceptors (Lipinski definition) is 6. The first-order valence-corrected chi connectivity index (χ1v) is 3.33. The molecule has 0 radical (unpaired) electrons. The highest BCUT2D eigenvalue weighted by Crippen LogP contribution is 2.02. The Kier molecular flexibility index (Phi) is 9.20. The number of hydrogen-bond donors (Lipinski definition) is 5. The number of aliphatic hydroxyl groups is 5. The van der Waals surface area contributed by atoms with Gasteiger partial charge in [-0.25, -0.2) is 0 Å². The molecule has 0 spiro atoms. The molecule has 76 valence electrons. The monoisotopic (exact) mass is 206 g/mol. The van der Waals surface area contributed by atoms with Gasteiger partial charge in [0.1, 0.15) is 24.4 Å². The van der Waals surface area contributed by atoms with Crippen molar-refractivity contribution in [3.8, 4) is 0 Å². The maximum Gasteiger partial charge on any atom is 0.316 e. The molecule has 0 rings (SSSR count). The second-order valence-electron chi connectivity index (χ2n) is 2.36. The van der Waals surface area contributed by atoms with E-state index in [4.69, 9.17) is 25.5 Å². The first-order chi connectivity index (χ1) is 5.54. The predicted molar refractivity (Wildman–Crippen MR) is 45.7 cm³/mol. The predicted octanol–water partition coefficient (Wildman–Crippen LogP) is -4.29. The summed E-state index contributed by atoms with van der Waals surface area (Å²) in [5.41, 5.74) is 0. The van der Waals surface area contributed by atoms with E-state index in [2.05, 4.69) is 0 Å². The normalized spacial score (nSPS) is 19.5. The molecule has 6 nitrogen and oxygen atoms in total. The third kappa shape index (κ3) is 4.86. The molecule has 0 aromatic rings. The van der Waals surface area contributed by atoms with Crippen LogP contribution >= 0.6 is 0 Å². The lowest BCUT2D eigenvalue weighted by molar-refractivity contribution is -0.136. The highest BCUT2D eigenvalue weighted by molar-refractivity contribution is 5.75. The number of carbonyl (C=O) groups is 1. The summed E-state index contributed by atoms with van der Waals surface area (Å²) >= 11 is 0. The van der Waals surface area contributed by atoms with Crippen LogP contribution < -0.4 is 0 Å². The van der Waals surface area contributed by atoms with Gasteiger partial charge in [-0.1, -0.05) is 0 Å². The molecular formula is C6H14MgO6. The van der Waals surface area contributed by atoms with Crippen LogP contribution in [0.3, 0.4) is 0 Å². The molecule has 4 atom stereocenters. The summed E-state index contributed by atoms with van der Waals surface area (Å²) in [4.78, 5) is 9.90. The minimum absolute atomic E-state index is 0. The Labute approximate surface area is 91.0 Å². The Morgan fingerprint density at radius 3 is 1.85 bits per heavy atom. The topological polar surface area (TPSA) is 118 Å². The van der Waals surface area contributed by atoms with Gasteiger partial charge in [-0.05, 0) is 0 Å². The van der Waals surface area contributed by atoms with E-state index in [-0.39, 0.29) is 29.3 Å². The van der Waals surface area contributed by atoms with Gasteiger partial charge in [0, 0.05) is 0 Å².